The minimum Gasteiger partial charge on any atom is -0.486 e. The smallest absolute Gasteiger partial charge is 0.345 e. The van der Waals surface area contributed by atoms with Gasteiger partial charge in [0.15, 0.2) is 0 Å². The van der Waals surface area contributed by atoms with Gasteiger partial charge in [0, 0.05) is 36.2 Å². The van der Waals surface area contributed by atoms with Crippen LogP contribution in [0.25, 0.3) is 0 Å². The number of aliphatic hydroxyl groups is 2. The van der Waals surface area contributed by atoms with Crippen LogP contribution < -0.4 is 10.4 Å². The lowest BCUT2D eigenvalue weighted by Gasteiger charge is -2.70. The van der Waals surface area contributed by atoms with Crippen LogP contribution in [-0.4, -0.2) is 34.0 Å². The second-order valence-electron chi connectivity index (χ2n) is 13.0. The van der Waals surface area contributed by atoms with Crippen molar-refractivity contribution in [3.8, 4) is 5.75 Å². The second-order valence-corrected chi connectivity index (χ2v) is 13.0. The lowest BCUT2D eigenvalue weighted by molar-refractivity contribution is -0.272. The molecule has 0 radical (unpaired) electrons. The average molecular weight is 489 g/mol. The molecule has 0 bridgehead atoms. The number of fused-ring (bicyclic) bond motifs is 6. The summed E-state index contributed by atoms with van der Waals surface area (Å²) in [6, 6.07) is 1.70. The Morgan fingerprint density at radius 1 is 1.09 bits per heavy atom. The minimum atomic E-state index is -1.00. The molecule has 9 atom stereocenters. The molecule has 3 saturated carbocycles. The number of carbonyl (C=O) groups excluding carboxylic acids is 1. The third-order valence-electron chi connectivity index (χ3n) is 10.8. The topological polar surface area (TPSA) is 106 Å². The number of carbonyl (C=O) groups is 1. The Balaban J connectivity index is 1.58. The van der Waals surface area contributed by atoms with E-state index in [9.17, 15) is 19.8 Å². The standard InChI is InChI=1S/C28H40O7/c1-14-12-16-21(24(32)33-14)22(31)23-26(5)10-8-17-25(3,4)20(34-15(2)29)13-19(30)28(17,7)18(26)9-11-27(23,6)35-16/h12,17-20,22-23,30-31H,8-11,13H2,1-7H3/t17-,18-,19+,20-,22+,23-,26+,27-,28-/m0/s1. The van der Waals surface area contributed by atoms with E-state index in [1.54, 1.807) is 13.0 Å². The van der Waals surface area contributed by atoms with E-state index in [0.717, 1.165) is 25.7 Å². The van der Waals surface area contributed by atoms with Gasteiger partial charge in [0.05, 0.1) is 12.2 Å². The Labute approximate surface area is 207 Å². The first-order chi connectivity index (χ1) is 16.2. The molecule has 0 unspecified atom stereocenters. The first kappa shape index (κ1) is 24.8. The molecule has 0 aromatic carbocycles. The van der Waals surface area contributed by atoms with Crippen molar-refractivity contribution in [2.45, 2.75) is 104 Å². The minimum absolute atomic E-state index is 0.108. The Morgan fingerprint density at radius 3 is 2.40 bits per heavy atom. The maximum atomic E-state index is 12.8. The Morgan fingerprint density at radius 2 is 1.74 bits per heavy atom. The van der Waals surface area contributed by atoms with Gasteiger partial charge in [-0.1, -0.05) is 27.7 Å². The lowest BCUT2D eigenvalue weighted by atomic mass is 9.36. The van der Waals surface area contributed by atoms with Crippen LogP contribution in [0.1, 0.15) is 91.1 Å². The van der Waals surface area contributed by atoms with Gasteiger partial charge >= 0.3 is 11.6 Å². The highest BCUT2D eigenvalue weighted by Gasteiger charge is 2.70. The fraction of sp³-hybridized carbons (Fsp3) is 0.786. The van der Waals surface area contributed by atoms with Gasteiger partial charge in [0.25, 0.3) is 0 Å². The van der Waals surface area contributed by atoms with E-state index in [1.165, 1.54) is 6.92 Å². The zero-order chi connectivity index (χ0) is 25.7. The van der Waals surface area contributed by atoms with Crippen molar-refractivity contribution in [1.29, 1.82) is 0 Å². The normalized spacial score (nSPS) is 45.7. The highest BCUT2D eigenvalue weighted by molar-refractivity contribution is 5.66. The molecule has 0 saturated heterocycles. The van der Waals surface area contributed by atoms with Gasteiger partial charge in [-0.25, -0.2) is 4.79 Å². The van der Waals surface area contributed by atoms with Crippen molar-refractivity contribution in [2.24, 2.45) is 34.0 Å². The van der Waals surface area contributed by atoms with Gasteiger partial charge in [-0.2, -0.15) is 0 Å². The first-order valence-electron chi connectivity index (χ1n) is 13.0. The molecule has 1 aliphatic heterocycles. The SMILES string of the molecule is CC(=O)O[C@H]1C[C@@H](O)[C@@]2(C)[C@@H](CC[C@]3(C)[C@@H]2CC[C@]2(C)Oc4cc(C)oc(=O)c4[C@@H](O)[C@@H]32)C1(C)C. The van der Waals surface area contributed by atoms with Crippen molar-refractivity contribution in [3.05, 3.63) is 27.8 Å². The molecule has 2 heterocycles. The maximum Gasteiger partial charge on any atom is 0.345 e. The van der Waals surface area contributed by atoms with Crippen LogP contribution in [0.4, 0.5) is 0 Å². The van der Waals surface area contributed by atoms with Gasteiger partial charge < -0.3 is 24.1 Å². The van der Waals surface area contributed by atoms with Crippen LogP contribution in [0.15, 0.2) is 15.3 Å². The van der Waals surface area contributed by atoms with Crippen molar-refractivity contribution < 1.29 is 28.9 Å². The number of aryl methyl sites for hydroxylation is 1. The van der Waals surface area contributed by atoms with Crippen LogP contribution in [0.2, 0.25) is 0 Å². The largest absolute Gasteiger partial charge is 0.486 e. The fourth-order valence-electron chi connectivity index (χ4n) is 9.39. The van der Waals surface area contributed by atoms with Gasteiger partial charge in [-0.05, 0) is 56.8 Å². The van der Waals surface area contributed by atoms with Gasteiger partial charge in [0.2, 0.25) is 0 Å². The van der Waals surface area contributed by atoms with E-state index in [1.807, 2.05) is 0 Å². The van der Waals surface area contributed by atoms with Crippen molar-refractivity contribution in [3.63, 3.8) is 0 Å². The third-order valence-corrected chi connectivity index (χ3v) is 10.8. The summed E-state index contributed by atoms with van der Waals surface area (Å²) in [7, 11) is 0. The highest BCUT2D eigenvalue weighted by atomic mass is 16.5. The van der Waals surface area contributed by atoms with Crippen LogP contribution in [0.5, 0.6) is 5.75 Å². The van der Waals surface area contributed by atoms with E-state index in [0.29, 0.717) is 17.9 Å². The van der Waals surface area contributed by atoms with E-state index >= 15 is 0 Å². The van der Waals surface area contributed by atoms with Crippen LogP contribution in [-0.2, 0) is 9.53 Å². The van der Waals surface area contributed by atoms with E-state index < -0.39 is 28.8 Å². The number of rotatable bonds is 1. The van der Waals surface area contributed by atoms with Crippen LogP contribution in [0.3, 0.4) is 0 Å². The number of aliphatic hydroxyl groups excluding tert-OH is 2. The molecule has 0 amide bonds. The molecule has 35 heavy (non-hydrogen) atoms. The monoisotopic (exact) mass is 488 g/mol. The number of hydrogen-bond donors (Lipinski definition) is 2. The molecule has 3 fully saturated rings. The average Bonchev–Trinajstić information content (AvgIpc) is 2.70. The number of esters is 1. The first-order valence-corrected chi connectivity index (χ1v) is 13.0. The van der Waals surface area contributed by atoms with Crippen molar-refractivity contribution in [2.75, 3.05) is 0 Å². The molecule has 1 aromatic rings. The van der Waals surface area contributed by atoms with Crippen LogP contribution in [0, 0.1) is 40.9 Å². The molecule has 7 nitrogen and oxygen atoms in total. The van der Waals surface area contributed by atoms with E-state index in [-0.39, 0.29) is 46.2 Å². The Bertz CT molecular complexity index is 1110. The molecule has 7 heteroatoms. The van der Waals surface area contributed by atoms with E-state index in [2.05, 4.69) is 34.6 Å². The Hall–Kier alpha value is -1.86. The molecule has 2 N–H and O–H groups in total. The predicted octanol–water partition coefficient (Wildman–Crippen LogP) is 4.30. The van der Waals surface area contributed by atoms with Gasteiger partial charge in [-0.15, -0.1) is 0 Å². The summed E-state index contributed by atoms with van der Waals surface area (Å²) in [6.45, 7) is 13.9. The summed E-state index contributed by atoms with van der Waals surface area (Å²) >= 11 is 0. The molecule has 3 aliphatic carbocycles. The van der Waals surface area contributed by atoms with E-state index in [4.69, 9.17) is 13.9 Å². The molecule has 1 aromatic heterocycles. The molecule has 194 valence electrons. The van der Waals surface area contributed by atoms with Crippen molar-refractivity contribution in [1.82, 2.24) is 0 Å². The molecule has 4 aliphatic rings. The fourth-order valence-corrected chi connectivity index (χ4v) is 9.39. The lowest BCUT2D eigenvalue weighted by Crippen LogP contribution is -2.70. The highest BCUT2D eigenvalue weighted by Crippen LogP contribution is 2.72. The summed E-state index contributed by atoms with van der Waals surface area (Å²) in [5.41, 5.74) is -2.04. The summed E-state index contributed by atoms with van der Waals surface area (Å²) in [6.07, 6.45) is 1.65. The Kier molecular flexibility index (Phi) is 5.37. The molecular weight excluding hydrogens is 448 g/mol. The van der Waals surface area contributed by atoms with Gasteiger partial charge in [-0.3, -0.25) is 4.79 Å². The quantitative estimate of drug-likeness (QED) is 0.568. The zero-order valence-electron chi connectivity index (χ0n) is 22.0. The zero-order valence-corrected chi connectivity index (χ0v) is 22.0. The van der Waals surface area contributed by atoms with Gasteiger partial charge in [0.1, 0.15) is 28.8 Å². The van der Waals surface area contributed by atoms with Crippen molar-refractivity contribution >= 4 is 5.97 Å². The summed E-state index contributed by atoms with van der Waals surface area (Å²) in [5.74, 6) is 0.513. The predicted molar refractivity (Wildman–Crippen MR) is 129 cm³/mol. The number of hydrogen-bond acceptors (Lipinski definition) is 7. The summed E-state index contributed by atoms with van der Waals surface area (Å²) < 4.78 is 17.6. The summed E-state index contributed by atoms with van der Waals surface area (Å²) in [5, 5.41) is 23.4. The number of ether oxygens (including phenoxy) is 2. The maximum absolute atomic E-state index is 12.8. The molecule has 0 spiro atoms. The molecular formula is C28H40O7. The summed E-state index contributed by atoms with van der Waals surface area (Å²) in [4.78, 5) is 24.6. The molecule has 5 rings (SSSR count). The van der Waals surface area contributed by atoms with Crippen LogP contribution >= 0.6 is 0 Å². The third kappa shape index (κ3) is 3.23. The second kappa shape index (κ2) is 7.58.